The zero-order valence-electron chi connectivity index (χ0n) is 12.3. The van der Waals surface area contributed by atoms with E-state index in [2.05, 4.69) is 0 Å². The molecule has 0 aromatic heterocycles. The molecule has 1 aromatic carbocycles. The molecule has 0 saturated carbocycles. The molecule has 1 atom stereocenters. The van der Waals surface area contributed by atoms with Crippen molar-refractivity contribution in [3.8, 4) is 5.75 Å². The lowest BCUT2D eigenvalue weighted by molar-refractivity contribution is 0.0740. The maximum atomic E-state index is 12.2. The van der Waals surface area contributed by atoms with Crippen molar-refractivity contribution in [2.24, 2.45) is 0 Å². The molecule has 1 aliphatic heterocycles. The van der Waals surface area contributed by atoms with Gasteiger partial charge in [0.05, 0.1) is 19.3 Å². The lowest BCUT2D eigenvalue weighted by atomic mass is 10.1. The lowest BCUT2D eigenvalue weighted by Gasteiger charge is -2.19. The number of carbonyl (C=O) groups is 1. The molecule has 2 rings (SSSR count). The van der Waals surface area contributed by atoms with Gasteiger partial charge in [0.25, 0.3) is 0 Å². The molecule has 0 N–H and O–H groups in total. The number of Topliss-reactive ketones (excluding diaryl/α,β-unsaturated/α-hetero) is 1. The first-order valence-corrected chi connectivity index (χ1v) is 7.25. The van der Waals surface area contributed by atoms with Crippen LogP contribution in [0.1, 0.15) is 30.1 Å². The molecular weight excluding hydrogens is 254 g/mol. The van der Waals surface area contributed by atoms with Crippen LogP contribution in [0.3, 0.4) is 0 Å². The van der Waals surface area contributed by atoms with Gasteiger partial charge in [-0.1, -0.05) is 0 Å². The Morgan fingerprint density at radius 1 is 1.40 bits per heavy atom. The number of ether oxygens (including phenoxy) is 2. The molecule has 1 aromatic rings. The summed E-state index contributed by atoms with van der Waals surface area (Å²) in [7, 11) is 1.97. The molecule has 1 fully saturated rings. The van der Waals surface area contributed by atoms with Gasteiger partial charge in [0.1, 0.15) is 5.75 Å². The minimum absolute atomic E-state index is 0.133. The molecule has 1 saturated heterocycles. The summed E-state index contributed by atoms with van der Waals surface area (Å²) in [5.41, 5.74) is 0.729. The molecular formula is C16H23NO3. The number of hydrogen-bond donors (Lipinski definition) is 0. The van der Waals surface area contributed by atoms with Crippen LogP contribution in [-0.4, -0.2) is 50.1 Å². The molecule has 0 aliphatic carbocycles. The smallest absolute Gasteiger partial charge is 0.176 e. The van der Waals surface area contributed by atoms with Gasteiger partial charge in [-0.3, -0.25) is 9.69 Å². The van der Waals surface area contributed by atoms with E-state index in [4.69, 9.17) is 9.47 Å². The Balaban J connectivity index is 1.83. The van der Waals surface area contributed by atoms with Crippen LogP contribution >= 0.6 is 0 Å². The lowest BCUT2D eigenvalue weighted by Crippen LogP contribution is -2.33. The number of ketones is 1. The average Bonchev–Trinajstić information content (AvgIpc) is 2.92. The van der Waals surface area contributed by atoms with Gasteiger partial charge in [0, 0.05) is 18.7 Å². The fourth-order valence-electron chi connectivity index (χ4n) is 2.44. The van der Waals surface area contributed by atoms with E-state index in [0.717, 1.165) is 37.3 Å². The maximum absolute atomic E-state index is 12.2. The van der Waals surface area contributed by atoms with E-state index >= 15 is 0 Å². The summed E-state index contributed by atoms with van der Waals surface area (Å²) in [6.07, 6.45) is 2.51. The highest BCUT2D eigenvalue weighted by Crippen LogP contribution is 2.14. The molecule has 0 amide bonds. The predicted octanol–water partition coefficient (Wildman–Crippen LogP) is 2.38. The Labute approximate surface area is 120 Å². The van der Waals surface area contributed by atoms with Crippen molar-refractivity contribution in [2.45, 2.75) is 25.9 Å². The summed E-state index contributed by atoms with van der Waals surface area (Å²) in [5, 5.41) is 0. The summed E-state index contributed by atoms with van der Waals surface area (Å²) >= 11 is 0. The average molecular weight is 277 g/mol. The van der Waals surface area contributed by atoms with Gasteiger partial charge in [-0.25, -0.2) is 0 Å². The fraction of sp³-hybridized carbons (Fsp3) is 0.562. The second-order valence-corrected chi connectivity index (χ2v) is 5.21. The molecule has 4 nitrogen and oxygen atoms in total. The summed E-state index contributed by atoms with van der Waals surface area (Å²) < 4.78 is 11.0. The number of benzene rings is 1. The van der Waals surface area contributed by atoms with Crippen molar-refractivity contribution < 1.29 is 14.3 Å². The Kier molecular flexibility index (Phi) is 5.56. The Morgan fingerprint density at radius 3 is 2.75 bits per heavy atom. The highest BCUT2D eigenvalue weighted by Gasteiger charge is 2.18. The predicted molar refractivity (Wildman–Crippen MR) is 78.4 cm³/mol. The maximum Gasteiger partial charge on any atom is 0.176 e. The summed E-state index contributed by atoms with van der Waals surface area (Å²) in [4.78, 5) is 14.2. The van der Waals surface area contributed by atoms with Gasteiger partial charge in [-0.05, 0) is 51.1 Å². The highest BCUT2D eigenvalue weighted by atomic mass is 16.5. The minimum atomic E-state index is 0.133. The largest absolute Gasteiger partial charge is 0.494 e. The molecule has 0 bridgehead atoms. The third kappa shape index (κ3) is 4.32. The molecule has 0 radical (unpaired) electrons. The molecule has 20 heavy (non-hydrogen) atoms. The van der Waals surface area contributed by atoms with E-state index in [1.165, 1.54) is 0 Å². The first-order chi connectivity index (χ1) is 9.69. The van der Waals surface area contributed by atoms with E-state index in [1.54, 1.807) is 0 Å². The molecule has 1 unspecified atom stereocenters. The SMILES string of the molecule is CCOc1ccc(C(=O)CN(C)CC2CCCO2)cc1. The third-order valence-electron chi connectivity index (χ3n) is 3.44. The van der Waals surface area contributed by atoms with Gasteiger partial charge in [-0.2, -0.15) is 0 Å². The number of nitrogens with zero attached hydrogens (tertiary/aromatic N) is 1. The van der Waals surface area contributed by atoms with Crippen LogP contribution in [0.4, 0.5) is 0 Å². The summed E-state index contributed by atoms with van der Waals surface area (Å²) in [6.45, 7) is 4.68. The molecule has 1 aliphatic rings. The van der Waals surface area contributed by atoms with Crippen molar-refractivity contribution in [2.75, 3.05) is 33.4 Å². The van der Waals surface area contributed by atoms with Crippen LogP contribution in [0.25, 0.3) is 0 Å². The second-order valence-electron chi connectivity index (χ2n) is 5.21. The first-order valence-electron chi connectivity index (χ1n) is 7.25. The topological polar surface area (TPSA) is 38.8 Å². The number of carbonyl (C=O) groups excluding carboxylic acids is 1. The van der Waals surface area contributed by atoms with Gasteiger partial charge >= 0.3 is 0 Å². The van der Waals surface area contributed by atoms with E-state index in [9.17, 15) is 4.79 Å². The first kappa shape index (κ1) is 15.0. The molecule has 110 valence electrons. The Hall–Kier alpha value is -1.39. The van der Waals surface area contributed by atoms with Crippen LogP contribution < -0.4 is 4.74 Å². The van der Waals surface area contributed by atoms with Gasteiger partial charge in [0.2, 0.25) is 0 Å². The van der Waals surface area contributed by atoms with Gasteiger partial charge in [0.15, 0.2) is 5.78 Å². The van der Waals surface area contributed by atoms with Crippen LogP contribution in [0.15, 0.2) is 24.3 Å². The van der Waals surface area contributed by atoms with Crippen LogP contribution in [0.2, 0.25) is 0 Å². The number of hydrogen-bond acceptors (Lipinski definition) is 4. The van der Waals surface area contributed by atoms with Crippen molar-refractivity contribution in [3.63, 3.8) is 0 Å². The van der Waals surface area contributed by atoms with Crippen LogP contribution in [-0.2, 0) is 4.74 Å². The number of rotatable bonds is 7. The van der Waals surface area contributed by atoms with Gasteiger partial charge in [-0.15, -0.1) is 0 Å². The normalized spacial score (nSPS) is 18.4. The molecule has 0 spiro atoms. The van der Waals surface area contributed by atoms with E-state index in [-0.39, 0.29) is 11.9 Å². The van der Waals surface area contributed by atoms with E-state index in [1.807, 2.05) is 43.1 Å². The fourth-order valence-corrected chi connectivity index (χ4v) is 2.44. The Morgan fingerprint density at radius 2 is 2.15 bits per heavy atom. The molecule has 4 heteroatoms. The highest BCUT2D eigenvalue weighted by molar-refractivity contribution is 5.97. The molecule has 1 heterocycles. The summed E-state index contributed by atoms with van der Waals surface area (Å²) in [6, 6.07) is 7.34. The van der Waals surface area contributed by atoms with Crippen molar-refractivity contribution >= 4 is 5.78 Å². The van der Waals surface area contributed by atoms with Crippen molar-refractivity contribution in [3.05, 3.63) is 29.8 Å². The van der Waals surface area contributed by atoms with E-state index < -0.39 is 0 Å². The van der Waals surface area contributed by atoms with Crippen LogP contribution in [0, 0.1) is 0 Å². The van der Waals surface area contributed by atoms with Crippen molar-refractivity contribution in [1.29, 1.82) is 0 Å². The summed E-state index contributed by atoms with van der Waals surface area (Å²) in [5.74, 6) is 0.935. The third-order valence-corrected chi connectivity index (χ3v) is 3.44. The quantitative estimate of drug-likeness (QED) is 0.717. The van der Waals surface area contributed by atoms with Crippen molar-refractivity contribution in [1.82, 2.24) is 4.90 Å². The van der Waals surface area contributed by atoms with Gasteiger partial charge < -0.3 is 9.47 Å². The Bertz CT molecular complexity index is 424. The zero-order valence-corrected chi connectivity index (χ0v) is 12.3. The monoisotopic (exact) mass is 277 g/mol. The van der Waals surface area contributed by atoms with Crippen LogP contribution in [0.5, 0.6) is 5.75 Å². The standard InChI is InChI=1S/C16H23NO3/c1-3-19-14-8-6-13(7-9-14)16(18)12-17(2)11-15-5-4-10-20-15/h6-9,15H,3-5,10-12H2,1-2H3. The minimum Gasteiger partial charge on any atom is -0.494 e. The number of likely N-dealkylation sites (N-methyl/N-ethyl adjacent to an activating group) is 1. The zero-order chi connectivity index (χ0) is 14.4. The second kappa shape index (κ2) is 7.41. The van der Waals surface area contributed by atoms with E-state index in [0.29, 0.717) is 13.2 Å².